The first-order valence-electron chi connectivity index (χ1n) is 10.0. The minimum Gasteiger partial charge on any atom is -0.466 e. The molecule has 156 valence electrons. The fraction of sp³-hybridized carbons (Fsp3) is 0.250. The van der Waals surface area contributed by atoms with E-state index in [9.17, 15) is 9.59 Å². The Labute approximate surface area is 176 Å². The average molecular weight is 405 g/mol. The third-order valence-electron chi connectivity index (χ3n) is 4.65. The molecule has 1 aromatic heterocycles. The Morgan fingerprint density at radius 1 is 1.00 bits per heavy atom. The SMILES string of the molecule is CCOC(=O)Cc1ccc(NC(=O)NCc2cccn2Cc2cccc(C)c2)cc1. The van der Waals surface area contributed by atoms with E-state index in [1.54, 1.807) is 31.2 Å². The Bertz CT molecular complexity index is 993. The van der Waals surface area contributed by atoms with Crippen LogP contribution in [-0.2, 0) is 29.0 Å². The summed E-state index contributed by atoms with van der Waals surface area (Å²) >= 11 is 0. The summed E-state index contributed by atoms with van der Waals surface area (Å²) in [5.41, 5.74) is 4.98. The summed E-state index contributed by atoms with van der Waals surface area (Å²) < 4.78 is 7.06. The van der Waals surface area contributed by atoms with E-state index < -0.39 is 0 Å². The first-order valence-corrected chi connectivity index (χ1v) is 10.0. The van der Waals surface area contributed by atoms with Crippen molar-refractivity contribution in [2.24, 2.45) is 0 Å². The number of aryl methyl sites for hydroxylation is 1. The molecule has 2 amide bonds. The highest BCUT2D eigenvalue weighted by molar-refractivity contribution is 5.89. The molecule has 0 aliphatic rings. The van der Waals surface area contributed by atoms with E-state index in [-0.39, 0.29) is 18.4 Å². The van der Waals surface area contributed by atoms with Crippen LogP contribution in [0, 0.1) is 6.92 Å². The minimum absolute atomic E-state index is 0.220. The maximum Gasteiger partial charge on any atom is 0.319 e. The Balaban J connectivity index is 1.50. The molecule has 2 N–H and O–H groups in total. The van der Waals surface area contributed by atoms with Gasteiger partial charge in [-0.25, -0.2) is 4.79 Å². The number of ether oxygens (including phenoxy) is 1. The van der Waals surface area contributed by atoms with Crippen LogP contribution in [0.3, 0.4) is 0 Å². The number of hydrogen-bond donors (Lipinski definition) is 2. The second kappa shape index (κ2) is 10.3. The Hall–Kier alpha value is -3.54. The molecule has 0 unspecified atom stereocenters. The number of esters is 1. The molecule has 6 nitrogen and oxygen atoms in total. The molecule has 0 saturated heterocycles. The molecule has 0 atom stereocenters. The summed E-state index contributed by atoms with van der Waals surface area (Å²) in [5.74, 6) is -0.260. The van der Waals surface area contributed by atoms with Crippen molar-refractivity contribution < 1.29 is 14.3 Å². The summed E-state index contributed by atoms with van der Waals surface area (Å²) in [7, 11) is 0. The maximum absolute atomic E-state index is 12.3. The molecule has 3 aromatic rings. The lowest BCUT2D eigenvalue weighted by Gasteiger charge is -2.12. The first-order chi connectivity index (χ1) is 14.5. The second-order valence-corrected chi connectivity index (χ2v) is 7.10. The van der Waals surface area contributed by atoms with Crippen LogP contribution in [0.2, 0.25) is 0 Å². The van der Waals surface area contributed by atoms with Gasteiger partial charge in [0.25, 0.3) is 0 Å². The largest absolute Gasteiger partial charge is 0.466 e. The molecule has 1 heterocycles. The number of amides is 2. The first kappa shape index (κ1) is 21.2. The summed E-state index contributed by atoms with van der Waals surface area (Å²) in [4.78, 5) is 23.8. The predicted octanol–water partition coefficient (Wildman–Crippen LogP) is 4.27. The van der Waals surface area contributed by atoms with Crippen molar-refractivity contribution in [3.05, 3.63) is 89.2 Å². The number of nitrogens with one attached hydrogen (secondary N) is 2. The molecule has 0 fully saturated rings. The summed E-state index contributed by atoms with van der Waals surface area (Å²) in [6.45, 7) is 5.41. The fourth-order valence-corrected chi connectivity index (χ4v) is 3.20. The van der Waals surface area contributed by atoms with Crippen LogP contribution in [-0.4, -0.2) is 23.2 Å². The summed E-state index contributed by atoms with van der Waals surface area (Å²) in [5, 5.41) is 5.70. The van der Waals surface area contributed by atoms with Gasteiger partial charge in [0.15, 0.2) is 0 Å². The average Bonchev–Trinajstić information content (AvgIpc) is 3.15. The second-order valence-electron chi connectivity index (χ2n) is 7.10. The van der Waals surface area contributed by atoms with Gasteiger partial charge >= 0.3 is 12.0 Å². The molecular weight excluding hydrogens is 378 g/mol. The fourth-order valence-electron chi connectivity index (χ4n) is 3.20. The molecular formula is C24H27N3O3. The zero-order chi connectivity index (χ0) is 21.3. The van der Waals surface area contributed by atoms with E-state index in [2.05, 4.69) is 46.4 Å². The number of rotatable bonds is 8. The van der Waals surface area contributed by atoms with E-state index in [1.165, 1.54) is 11.1 Å². The van der Waals surface area contributed by atoms with Crippen molar-refractivity contribution in [1.29, 1.82) is 0 Å². The van der Waals surface area contributed by atoms with Crippen molar-refractivity contribution in [3.63, 3.8) is 0 Å². The zero-order valence-corrected chi connectivity index (χ0v) is 17.4. The Morgan fingerprint density at radius 3 is 2.53 bits per heavy atom. The van der Waals surface area contributed by atoms with Crippen molar-refractivity contribution in [3.8, 4) is 0 Å². The number of nitrogens with zero attached hydrogens (tertiary/aromatic N) is 1. The van der Waals surface area contributed by atoms with Crippen molar-refractivity contribution in [2.45, 2.75) is 33.4 Å². The van der Waals surface area contributed by atoms with Gasteiger partial charge in [-0.3, -0.25) is 4.79 Å². The number of benzene rings is 2. The van der Waals surface area contributed by atoms with Gasteiger partial charge in [-0.15, -0.1) is 0 Å². The number of aromatic nitrogens is 1. The van der Waals surface area contributed by atoms with Crippen molar-refractivity contribution in [1.82, 2.24) is 9.88 Å². The van der Waals surface area contributed by atoms with Crippen molar-refractivity contribution >= 4 is 17.7 Å². The lowest BCUT2D eigenvalue weighted by Crippen LogP contribution is -2.29. The lowest BCUT2D eigenvalue weighted by atomic mass is 10.1. The normalized spacial score (nSPS) is 10.5. The number of hydrogen-bond acceptors (Lipinski definition) is 3. The van der Waals surface area contributed by atoms with E-state index in [1.807, 2.05) is 18.3 Å². The molecule has 2 aromatic carbocycles. The summed E-state index contributed by atoms with van der Waals surface area (Å²) in [6.07, 6.45) is 2.23. The standard InChI is InChI=1S/C24H27N3O3/c1-3-30-23(28)15-19-9-11-21(12-10-19)26-24(29)25-16-22-8-5-13-27(22)17-20-7-4-6-18(2)14-20/h4-14H,3,15-17H2,1-2H3,(H2,25,26,29). The summed E-state index contributed by atoms with van der Waals surface area (Å²) in [6, 6.07) is 19.2. The zero-order valence-electron chi connectivity index (χ0n) is 17.4. The lowest BCUT2D eigenvalue weighted by molar-refractivity contribution is -0.142. The smallest absolute Gasteiger partial charge is 0.319 e. The monoisotopic (exact) mass is 405 g/mol. The Morgan fingerprint density at radius 2 is 1.80 bits per heavy atom. The molecule has 6 heteroatoms. The van der Waals surface area contributed by atoms with Crippen LogP contribution >= 0.6 is 0 Å². The Kier molecular flexibility index (Phi) is 7.27. The van der Waals surface area contributed by atoms with Gasteiger partial charge in [0.2, 0.25) is 0 Å². The minimum atomic E-state index is -0.281. The van der Waals surface area contributed by atoms with Crippen LogP contribution in [0.25, 0.3) is 0 Å². The van der Waals surface area contributed by atoms with E-state index in [0.717, 1.165) is 17.8 Å². The van der Waals surface area contributed by atoms with Crippen LogP contribution in [0.4, 0.5) is 10.5 Å². The molecule has 0 radical (unpaired) electrons. The highest BCUT2D eigenvalue weighted by Gasteiger charge is 2.07. The van der Waals surface area contributed by atoms with E-state index in [0.29, 0.717) is 18.8 Å². The van der Waals surface area contributed by atoms with Crippen LogP contribution < -0.4 is 10.6 Å². The van der Waals surface area contributed by atoms with E-state index >= 15 is 0 Å². The van der Waals surface area contributed by atoms with Crippen LogP contribution in [0.5, 0.6) is 0 Å². The number of anilines is 1. The maximum atomic E-state index is 12.3. The van der Waals surface area contributed by atoms with E-state index in [4.69, 9.17) is 4.74 Å². The van der Waals surface area contributed by atoms with Gasteiger partial charge in [-0.2, -0.15) is 0 Å². The van der Waals surface area contributed by atoms with Gasteiger partial charge in [-0.1, -0.05) is 42.0 Å². The molecule has 0 saturated carbocycles. The predicted molar refractivity (Wildman–Crippen MR) is 117 cm³/mol. The molecule has 0 aliphatic heterocycles. The number of urea groups is 1. The number of carbonyl (C=O) groups is 2. The molecule has 0 bridgehead atoms. The van der Waals surface area contributed by atoms with Crippen molar-refractivity contribution in [2.75, 3.05) is 11.9 Å². The highest BCUT2D eigenvalue weighted by Crippen LogP contribution is 2.12. The number of carbonyl (C=O) groups excluding carboxylic acids is 2. The topological polar surface area (TPSA) is 72.4 Å². The van der Waals surface area contributed by atoms with Gasteiger partial charge in [0.05, 0.1) is 19.6 Å². The van der Waals surface area contributed by atoms with Crippen LogP contribution in [0.1, 0.15) is 29.3 Å². The third kappa shape index (κ3) is 6.24. The highest BCUT2D eigenvalue weighted by atomic mass is 16.5. The molecule has 3 rings (SSSR count). The third-order valence-corrected chi connectivity index (χ3v) is 4.65. The quantitative estimate of drug-likeness (QED) is 0.550. The van der Waals surface area contributed by atoms with Crippen LogP contribution in [0.15, 0.2) is 66.9 Å². The molecule has 30 heavy (non-hydrogen) atoms. The molecule has 0 aliphatic carbocycles. The van der Waals surface area contributed by atoms with Gasteiger partial charge in [0, 0.05) is 24.1 Å². The van der Waals surface area contributed by atoms with Gasteiger partial charge in [-0.05, 0) is 49.2 Å². The molecule has 0 spiro atoms. The van der Waals surface area contributed by atoms with Gasteiger partial charge in [0.1, 0.15) is 0 Å². The van der Waals surface area contributed by atoms with Gasteiger partial charge < -0.3 is 19.9 Å².